The normalized spacial score (nSPS) is 12.8. The van der Waals surface area contributed by atoms with Gasteiger partial charge < -0.3 is 20.5 Å². The minimum Gasteiger partial charge on any atom is -0.379 e. The van der Waals surface area contributed by atoms with Crippen molar-refractivity contribution in [3.63, 3.8) is 0 Å². The van der Waals surface area contributed by atoms with Crippen molar-refractivity contribution in [2.45, 2.75) is 19.3 Å². The summed E-state index contributed by atoms with van der Waals surface area (Å²) in [5, 5.41) is 9.27. The van der Waals surface area contributed by atoms with Crippen molar-refractivity contribution in [1.29, 1.82) is 0 Å². The van der Waals surface area contributed by atoms with Gasteiger partial charge in [-0.25, -0.2) is 4.63 Å². The number of rotatable bonds is 5. The van der Waals surface area contributed by atoms with Gasteiger partial charge in [0.2, 0.25) is 11.5 Å². The number of nitrogens with zero attached hydrogens (tertiary/aromatic N) is 2. The number of aromatic nitrogens is 2. The Bertz CT molecular complexity index is 350. The van der Waals surface area contributed by atoms with Crippen LogP contribution in [0.15, 0.2) is 4.63 Å². The average Bonchev–Trinajstić information content (AvgIpc) is 2.66. The number of nitrogens with one attached hydrogen (secondary N) is 1. The molecule has 0 saturated carbocycles. The quantitative estimate of drug-likeness (QED) is 0.648. The maximum absolute atomic E-state index is 11.6. The zero-order valence-electron chi connectivity index (χ0n) is 9.26. The molecular formula is C8H14N4O4. The Kier molecular flexibility index (Phi) is 4.20. The van der Waals surface area contributed by atoms with Gasteiger partial charge in [0, 0.05) is 14.2 Å². The fraction of sp³-hybridized carbons (Fsp3) is 0.625. The molecule has 1 heterocycles. The fourth-order valence-electron chi connectivity index (χ4n) is 1.20. The molecule has 1 amide bonds. The third-order valence-corrected chi connectivity index (χ3v) is 1.96. The number of ether oxygens (including phenoxy) is 2. The molecule has 16 heavy (non-hydrogen) atoms. The molecule has 1 aromatic heterocycles. The molecule has 0 fully saturated rings. The monoisotopic (exact) mass is 230 g/mol. The van der Waals surface area contributed by atoms with Gasteiger partial charge in [-0.1, -0.05) is 0 Å². The summed E-state index contributed by atoms with van der Waals surface area (Å²) in [6, 6.07) is -0.362. The summed E-state index contributed by atoms with van der Waals surface area (Å²) in [5.74, 6) is -0.554. The number of carbonyl (C=O) groups is 1. The predicted molar refractivity (Wildman–Crippen MR) is 53.4 cm³/mol. The van der Waals surface area contributed by atoms with Crippen molar-refractivity contribution < 1.29 is 18.9 Å². The van der Waals surface area contributed by atoms with Gasteiger partial charge in [0.15, 0.2) is 6.29 Å². The van der Waals surface area contributed by atoms with Crippen LogP contribution in [-0.4, -0.2) is 42.8 Å². The first-order valence-electron chi connectivity index (χ1n) is 4.54. The molecule has 1 rings (SSSR count). The third-order valence-electron chi connectivity index (χ3n) is 1.96. The SMILES string of the molecule is COC(OC)C(C)NC(=O)c1nonc1N. The van der Waals surface area contributed by atoms with Crippen molar-refractivity contribution in [2.75, 3.05) is 20.0 Å². The lowest BCUT2D eigenvalue weighted by molar-refractivity contribution is -0.117. The number of hydrogen-bond donors (Lipinski definition) is 2. The van der Waals surface area contributed by atoms with Gasteiger partial charge in [-0.15, -0.1) is 0 Å². The van der Waals surface area contributed by atoms with Gasteiger partial charge in [-0.2, -0.15) is 0 Å². The molecule has 0 saturated heterocycles. The molecule has 0 spiro atoms. The predicted octanol–water partition coefficient (Wildman–Crippen LogP) is -0.611. The highest BCUT2D eigenvalue weighted by atomic mass is 16.7. The van der Waals surface area contributed by atoms with Gasteiger partial charge in [0.1, 0.15) is 0 Å². The first-order valence-corrected chi connectivity index (χ1v) is 4.54. The molecule has 0 radical (unpaired) electrons. The van der Waals surface area contributed by atoms with Gasteiger partial charge in [0.25, 0.3) is 5.91 Å². The van der Waals surface area contributed by atoms with Crippen molar-refractivity contribution in [1.82, 2.24) is 15.6 Å². The van der Waals surface area contributed by atoms with Crippen LogP contribution in [0.2, 0.25) is 0 Å². The van der Waals surface area contributed by atoms with E-state index in [9.17, 15) is 4.79 Å². The molecule has 8 nitrogen and oxygen atoms in total. The Morgan fingerprint density at radius 1 is 1.44 bits per heavy atom. The summed E-state index contributed by atoms with van der Waals surface area (Å²) in [5.41, 5.74) is 5.31. The highest BCUT2D eigenvalue weighted by molar-refractivity contribution is 5.96. The van der Waals surface area contributed by atoms with Crippen LogP contribution in [0.4, 0.5) is 5.82 Å². The maximum Gasteiger partial charge on any atom is 0.277 e. The van der Waals surface area contributed by atoms with Crippen LogP contribution in [0.25, 0.3) is 0 Å². The molecule has 0 bridgehead atoms. The van der Waals surface area contributed by atoms with Crippen molar-refractivity contribution in [3.05, 3.63) is 5.69 Å². The molecule has 90 valence electrons. The summed E-state index contributed by atoms with van der Waals surface area (Å²) < 4.78 is 14.3. The Morgan fingerprint density at radius 2 is 2.06 bits per heavy atom. The van der Waals surface area contributed by atoms with Crippen LogP contribution in [0.1, 0.15) is 17.4 Å². The number of hydrogen-bond acceptors (Lipinski definition) is 7. The van der Waals surface area contributed by atoms with E-state index in [1.165, 1.54) is 14.2 Å². The molecule has 1 atom stereocenters. The molecule has 3 N–H and O–H groups in total. The summed E-state index contributed by atoms with van der Waals surface area (Å²) in [6.45, 7) is 1.72. The van der Waals surface area contributed by atoms with E-state index in [2.05, 4.69) is 20.3 Å². The van der Waals surface area contributed by atoms with Crippen LogP contribution >= 0.6 is 0 Å². The van der Waals surface area contributed by atoms with Crippen molar-refractivity contribution >= 4 is 11.7 Å². The molecule has 1 aromatic rings. The summed E-state index contributed by atoms with van der Waals surface area (Å²) >= 11 is 0. The van der Waals surface area contributed by atoms with E-state index in [0.717, 1.165) is 0 Å². The number of methoxy groups -OCH3 is 2. The zero-order valence-corrected chi connectivity index (χ0v) is 9.26. The lowest BCUT2D eigenvalue weighted by Gasteiger charge is -2.21. The van der Waals surface area contributed by atoms with E-state index < -0.39 is 12.2 Å². The second-order valence-electron chi connectivity index (χ2n) is 3.10. The second-order valence-corrected chi connectivity index (χ2v) is 3.10. The van der Waals surface area contributed by atoms with Gasteiger partial charge >= 0.3 is 0 Å². The van der Waals surface area contributed by atoms with Crippen LogP contribution in [0.3, 0.4) is 0 Å². The zero-order chi connectivity index (χ0) is 12.1. The Morgan fingerprint density at radius 3 is 2.50 bits per heavy atom. The number of nitrogens with two attached hydrogens (primary N) is 1. The number of carbonyl (C=O) groups excluding carboxylic acids is 1. The second kappa shape index (κ2) is 5.42. The standard InChI is InChI=1S/C8H14N4O4/c1-4(8(14-2)15-3)10-7(13)5-6(9)12-16-11-5/h4,8H,1-3H3,(H2,9,12)(H,10,13). The topological polar surface area (TPSA) is 112 Å². The van der Waals surface area contributed by atoms with E-state index in [1.54, 1.807) is 6.92 Å². The number of nitrogen functional groups attached to an aromatic ring is 1. The molecule has 0 aliphatic heterocycles. The molecule has 1 unspecified atom stereocenters. The minimum atomic E-state index is -0.551. The lowest BCUT2D eigenvalue weighted by atomic mass is 10.3. The van der Waals surface area contributed by atoms with Gasteiger partial charge in [-0.3, -0.25) is 4.79 Å². The van der Waals surface area contributed by atoms with Crippen LogP contribution < -0.4 is 11.1 Å². The molecule has 8 heteroatoms. The fourth-order valence-corrected chi connectivity index (χ4v) is 1.20. The Balaban J connectivity index is 2.61. The van der Waals surface area contributed by atoms with E-state index in [1.807, 2.05) is 0 Å². The summed E-state index contributed by atoms with van der Waals surface area (Å²) in [7, 11) is 2.95. The van der Waals surface area contributed by atoms with E-state index in [-0.39, 0.29) is 17.6 Å². The van der Waals surface area contributed by atoms with Crippen molar-refractivity contribution in [3.8, 4) is 0 Å². The number of anilines is 1. The summed E-state index contributed by atoms with van der Waals surface area (Å²) in [4.78, 5) is 11.6. The average molecular weight is 230 g/mol. The van der Waals surface area contributed by atoms with E-state index >= 15 is 0 Å². The van der Waals surface area contributed by atoms with Crippen LogP contribution in [-0.2, 0) is 9.47 Å². The van der Waals surface area contributed by atoms with Crippen LogP contribution in [0, 0.1) is 0 Å². The molecule has 0 aliphatic rings. The molecular weight excluding hydrogens is 216 g/mol. The minimum absolute atomic E-state index is 0.0576. The van der Waals surface area contributed by atoms with Crippen LogP contribution in [0.5, 0.6) is 0 Å². The van der Waals surface area contributed by atoms with Crippen molar-refractivity contribution in [2.24, 2.45) is 0 Å². The Labute approximate surface area is 92.0 Å². The molecule has 0 aromatic carbocycles. The molecule has 0 aliphatic carbocycles. The highest BCUT2D eigenvalue weighted by Crippen LogP contribution is 2.05. The number of amides is 1. The smallest absolute Gasteiger partial charge is 0.277 e. The lowest BCUT2D eigenvalue weighted by Crippen LogP contribution is -2.43. The van der Waals surface area contributed by atoms with E-state index in [0.29, 0.717) is 0 Å². The summed E-state index contributed by atoms with van der Waals surface area (Å²) in [6.07, 6.45) is -0.551. The Hall–Kier alpha value is -1.67. The first-order chi connectivity index (χ1) is 7.60. The van der Waals surface area contributed by atoms with E-state index in [4.69, 9.17) is 15.2 Å². The first kappa shape index (κ1) is 12.4. The maximum atomic E-state index is 11.6. The van der Waals surface area contributed by atoms with Gasteiger partial charge in [0.05, 0.1) is 6.04 Å². The third kappa shape index (κ3) is 2.67. The highest BCUT2D eigenvalue weighted by Gasteiger charge is 2.22. The largest absolute Gasteiger partial charge is 0.379 e. The van der Waals surface area contributed by atoms with Gasteiger partial charge in [-0.05, 0) is 17.2 Å².